The Balaban J connectivity index is 2.45. The minimum atomic E-state index is 0.657. The van der Waals surface area contributed by atoms with E-state index in [0.717, 1.165) is 0 Å². The first-order valence-corrected chi connectivity index (χ1v) is 4.87. The highest BCUT2D eigenvalue weighted by Gasteiger charge is 1.98. The molecule has 1 rings (SSSR count). The minimum Gasteiger partial charge on any atom is -0.382 e. The summed E-state index contributed by atoms with van der Waals surface area (Å²) in [6.45, 7) is 6.19. The van der Waals surface area contributed by atoms with Gasteiger partial charge in [-0.1, -0.05) is 23.8 Å². The predicted molar refractivity (Wildman–Crippen MR) is 57.4 cm³/mol. The number of hydrogen-bond donors (Lipinski definition) is 0. The lowest BCUT2D eigenvalue weighted by Gasteiger charge is -2.07. The Morgan fingerprint density at radius 2 is 1.93 bits per heavy atom. The molecule has 78 valence electrons. The zero-order chi connectivity index (χ0) is 10.4. The van der Waals surface area contributed by atoms with Crippen LogP contribution in [0.25, 0.3) is 0 Å². The summed E-state index contributed by atoms with van der Waals surface area (Å²) in [6, 6.07) is 6.42. The van der Waals surface area contributed by atoms with E-state index in [1.54, 1.807) is 7.11 Å². The summed E-state index contributed by atoms with van der Waals surface area (Å²) in [5.74, 6) is 0. The van der Waals surface area contributed by atoms with Crippen molar-refractivity contribution >= 4 is 0 Å². The first-order chi connectivity index (χ1) is 6.74. The lowest BCUT2D eigenvalue weighted by atomic mass is 10.1. The van der Waals surface area contributed by atoms with Crippen molar-refractivity contribution in [3.63, 3.8) is 0 Å². The zero-order valence-corrected chi connectivity index (χ0v) is 9.17. The molecule has 2 heteroatoms. The molecule has 0 unspecified atom stereocenters. The fourth-order valence-corrected chi connectivity index (χ4v) is 1.28. The molecule has 1 aromatic carbocycles. The van der Waals surface area contributed by atoms with Gasteiger partial charge < -0.3 is 9.47 Å². The van der Waals surface area contributed by atoms with Crippen molar-refractivity contribution in [1.82, 2.24) is 0 Å². The quantitative estimate of drug-likeness (QED) is 0.670. The average molecular weight is 194 g/mol. The molecule has 0 aromatic heterocycles. The summed E-state index contributed by atoms with van der Waals surface area (Å²) in [4.78, 5) is 0. The van der Waals surface area contributed by atoms with Crippen LogP contribution in [0.2, 0.25) is 0 Å². The molecule has 0 N–H and O–H groups in total. The molecule has 0 aliphatic rings. The van der Waals surface area contributed by atoms with Crippen molar-refractivity contribution in [3.05, 3.63) is 34.9 Å². The highest BCUT2D eigenvalue weighted by molar-refractivity contribution is 5.29. The summed E-state index contributed by atoms with van der Waals surface area (Å²) in [7, 11) is 1.68. The van der Waals surface area contributed by atoms with Crippen LogP contribution in [-0.2, 0) is 16.1 Å². The molecule has 1 aromatic rings. The van der Waals surface area contributed by atoms with Gasteiger partial charge in [0.05, 0.1) is 19.8 Å². The van der Waals surface area contributed by atoms with Gasteiger partial charge in [-0.2, -0.15) is 0 Å². The molecule has 0 aliphatic heterocycles. The third kappa shape index (κ3) is 3.48. The third-order valence-electron chi connectivity index (χ3n) is 2.19. The number of methoxy groups -OCH3 is 1. The highest BCUT2D eigenvalue weighted by atomic mass is 16.5. The monoisotopic (exact) mass is 194 g/mol. The van der Waals surface area contributed by atoms with Crippen LogP contribution in [0, 0.1) is 13.8 Å². The molecule has 0 amide bonds. The van der Waals surface area contributed by atoms with Crippen molar-refractivity contribution in [1.29, 1.82) is 0 Å². The fraction of sp³-hybridized carbons (Fsp3) is 0.500. The number of benzene rings is 1. The van der Waals surface area contributed by atoms with E-state index in [0.29, 0.717) is 19.8 Å². The van der Waals surface area contributed by atoms with Crippen molar-refractivity contribution in [2.24, 2.45) is 0 Å². The van der Waals surface area contributed by atoms with E-state index in [1.807, 2.05) is 0 Å². The minimum absolute atomic E-state index is 0.657. The average Bonchev–Trinajstić information content (AvgIpc) is 2.18. The molecule has 0 fully saturated rings. The van der Waals surface area contributed by atoms with Crippen LogP contribution in [0.15, 0.2) is 18.2 Å². The van der Waals surface area contributed by atoms with E-state index in [1.165, 1.54) is 16.7 Å². The van der Waals surface area contributed by atoms with Crippen LogP contribution >= 0.6 is 0 Å². The lowest BCUT2D eigenvalue weighted by molar-refractivity contribution is 0.0614. The smallest absolute Gasteiger partial charge is 0.0720 e. The largest absolute Gasteiger partial charge is 0.382 e. The maximum Gasteiger partial charge on any atom is 0.0720 e. The summed E-state index contributed by atoms with van der Waals surface area (Å²) >= 11 is 0. The van der Waals surface area contributed by atoms with Gasteiger partial charge in [0.1, 0.15) is 0 Å². The highest BCUT2D eigenvalue weighted by Crippen LogP contribution is 2.11. The second kappa shape index (κ2) is 5.78. The Kier molecular flexibility index (Phi) is 4.63. The molecule has 0 saturated carbocycles. The number of ether oxygens (including phenoxy) is 2. The summed E-state index contributed by atoms with van der Waals surface area (Å²) in [6.07, 6.45) is 0. The standard InChI is InChI=1S/C12H18O2/c1-10-4-5-11(2)12(8-10)9-14-7-6-13-3/h4-5,8H,6-7,9H2,1-3H3. The van der Waals surface area contributed by atoms with Crippen LogP contribution in [0.5, 0.6) is 0 Å². The van der Waals surface area contributed by atoms with Crippen molar-refractivity contribution < 1.29 is 9.47 Å². The Labute approximate surface area is 85.8 Å². The van der Waals surface area contributed by atoms with Crippen molar-refractivity contribution in [2.45, 2.75) is 20.5 Å². The predicted octanol–water partition coefficient (Wildman–Crippen LogP) is 2.47. The van der Waals surface area contributed by atoms with Gasteiger partial charge in [-0.25, -0.2) is 0 Å². The Morgan fingerprint density at radius 1 is 1.14 bits per heavy atom. The number of rotatable bonds is 5. The second-order valence-corrected chi connectivity index (χ2v) is 3.48. The molecule has 0 saturated heterocycles. The molecule has 2 nitrogen and oxygen atoms in total. The van der Waals surface area contributed by atoms with Crippen molar-refractivity contribution in [2.75, 3.05) is 20.3 Å². The molecule has 0 radical (unpaired) electrons. The van der Waals surface area contributed by atoms with Gasteiger partial charge in [-0.05, 0) is 25.0 Å². The molecular formula is C12H18O2. The van der Waals surface area contributed by atoms with Crippen molar-refractivity contribution in [3.8, 4) is 0 Å². The molecule has 0 heterocycles. The van der Waals surface area contributed by atoms with Gasteiger partial charge in [0, 0.05) is 7.11 Å². The number of aryl methyl sites for hydroxylation is 2. The van der Waals surface area contributed by atoms with Gasteiger partial charge in [0.2, 0.25) is 0 Å². The van der Waals surface area contributed by atoms with Crippen LogP contribution in [0.3, 0.4) is 0 Å². The van der Waals surface area contributed by atoms with Crippen LogP contribution in [-0.4, -0.2) is 20.3 Å². The Morgan fingerprint density at radius 3 is 2.64 bits per heavy atom. The summed E-state index contributed by atoms with van der Waals surface area (Å²) < 4.78 is 10.4. The Hall–Kier alpha value is -0.860. The van der Waals surface area contributed by atoms with Crippen LogP contribution in [0.4, 0.5) is 0 Å². The first-order valence-electron chi connectivity index (χ1n) is 4.87. The molecular weight excluding hydrogens is 176 g/mol. The maximum atomic E-state index is 5.47. The van der Waals surface area contributed by atoms with E-state index in [4.69, 9.17) is 9.47 Å². The van der Waals surface area contributed by atoms with E-state index in [2.05, 4.69) is 32.0 Å². The first kappa shape index (κ1) is 11.2. The van der Waals surface area contributed by atoms with E-state index < -0.39 is 0 Å². The summed E-state index contributed by atoms with van der Waals surface area (Å²) in [5.41, 5.74) is 3.83. The molecule has 0 spiro atoms. The third-order valence-corrected chi connectivity index (χ3v) is 2.19. The lowest BCUT2D eigenvalue weighted by Crippen LogP contribution is -2.02. The normalized spacial score (nSPS) is 10.5. The fourth-order valence-electron chi connectivity index (χ4n) is 1.28. The molecule has 14 heavy (non-hydrogen) atoms. The van der Waals surface area contributed by atoms with Gasteiger partial charge >= 0.3 is 0 Å². The van der Waals surface area contributed by atoms with Crippen LogP contribution in [0.1, 0.15) is 16.7 Å². The zero-order valence-electron chi connectivity index (χ0n) is 9.17. The molecule has 0 aliphatic carbocycles. The van der Waals surface area contributed by atoms with Gasteiger partial charge in [-0.15, -0.1) is 0 Å². The maximum absolute atomic E-state index is 5.47. The van der Waals surface area contributed by atoms with Gasteiger partial charge in [0.25, 0.3) is 0 Å². The molecule has 0 bridgehead atoms. The van der Waals surface area contributed by atoms with Crippen LogP contribution < -0.4 is 0 Å². The van der Waals surface area contributed by atoms with E-state index in [-0.39, 0.29) is 0 Å². The van der Waals surface area contributed by atoms with E-state index in [9.17, 15) is 0 Å². The van der Waals surface area contributed by atoms with Gasteiger partial charge in [0.15, 0.2) is 0 Å². The second-order valence-electron chi connectivity index (χ2n) is 3.48. The number of hydrogen-bond acceptors (Lipinski definition) is 2. The SMILES string of the molecule is COCCOCc1cc(C)ccc1C. The topological polar surface area (TPSA) is 18.5 Å². The molecule has 0 atom stereocenters. The van der Waals surface area contributed by atoms with Gasteiger partial charge in [-0.3, -0.25) is 0 Å². The van der Waals surface area contributed by atoms with E-state index >= 15 is 0 Å². The Bertz CT molecular complexity index is 282. The summed E-state index contributed by atoms with van der Waals surface area (Å²) in [5, 5.41) is 0.